The molecule has 0 N–H and O–H groups in total. The smallest absolute Gasteiger partial charge is 0.418 e. The molecule has 1 nitrogen and oxygen atoms in total. The first-order valence-electron chi connectivity index (χ1n) is 9.77. The molecule has 0 spiro atoms. The molecule has 0 fully saturated rings. The van der Waals surface area contributed by atoms with Gasteiger partial charge in [-0.25, -0.2) is 0 Å². The second-order valence-electron chi connectivity index (χ2n) is 6.64. The third-order valence-corrected chi connectivity index (χ3v) is 0. The molecule has 0 aliphatic heterocycles. The molecule has 0 rings (SSSR count). The van der Waals surface area contributed by atoms with Crippen LogP contribution >= 0.6 is 0 Å². The summed E-state index contributed by atoms with van der Waals surface area (Å²) in [6, 6.07) is 0. The summed E-state index contributed by atoms with van der Waals surface area (Å²) in [5, 5.41) is 0. The van der Waals surface area contributed by atoms with Crippen molar-refractivity contribution in [3.8, 4) is 0 Å². The Morgan fingerprint density at radius 1 is 0.191 bits per heavy atom. The number of halogens is 32. The van der Waals surface area contributed by atoms with Crippen LogP contribution in [0, 0.1) is 0 Å². The van der Waals surface area contributed by atoms with Crippen molar-refractivity contribution in [2.75, 3.05) is 28.2 Å². The van der Waals surface area contributed by atoms with E-state index in [1.165, 1.54) is 0 Å². The number of quaternary nitrogens is 1. The van der Waals surface area contributed by atoms with Gasteiger partial charge in [-0.05, 0) is 0 Å². The predicted molar refractivity (Wildman–Crippen MR) is 117 cm³/mol. The Bertz CT molecular complexity index is 372. The summed E-state index contributed by atoms with van der Waals surface area (Å²) in [7, 11) is -39.5. The van der Waals surface area contributed by atoms with Gasteiger partial charge < -0.3 is 143 Å². The van der Waals surface area contributed by atoms with Crippen LogP contribution in [0.25, 0.3) is 0 Å². The van der Waals surface area contributed by atoms with E-state index in [1.54, 1.807) is 0 Å². The summed E-state index contributed by atoms with van der Waals surface area (Å²) in [6.45, 7) is 4.00. The molecule has 0 aliphatic carbocycles. The molecule has 0 radical (unpaired) electrons. The Hall–Kier alpha value is -1.76. The molecule has 0 unspecified atom stereocenters. The molecular weight excluding hydrogens is 781 g/mol. The fourth-order valence-electron chi connectivity index (χ4n) is 0. The van der Waals surface area contributed by atoms with Crippen molar-refractivity contribution in [1.82, 2.24) is 0 Å². The lowest BCUT2D eigenvalue weighted by Crippen LogP contribution is -2.27. The molecule has 302 valence electrons. The monoisotopic (exact) mass is 800 g/mol. The zero-order chi connectivity index (χ0) is 42.5. The normalized spacial score (nSPS) is 11.6. The molecule has 0 aromatic carbocycles. The first-order valence-corrected chi connectivity index (χ1v) is 9.77. The topological polar surface area (TPSA) is 0 Å². The van der Waals surface area contributed by atoms with Gasteiger partial charge in [-0.2, -0.15) is 0 Å². The summed E-state index contributed by atoms with van der Waals surface area (Å²) in [5.74, 6) is 0. The van der Waals surface area contributed by atoms with Gasteiger partial charge in [-0.3, -0.25) is 0 Å². The van der Waals surface area contributed by atoms with Crippen LogP contribution in [-0.2, 0) is 0 Å². The predicted octanol–water partition coefficient (Wildman–Crippen LogP) is 11.7. The summed E-state index contributed by atoms with van der Waals surface area (Å²) in [5.41, 5.74) is 0. The molecule has 0 bridgehead atoms. The Morgan fingerprint density at radius 3 is 0.191 bits per heavy atom. The lowest BCUT2D eigenvalue weighted by molar-refractivity contribution is -0.849. The van der Waals surface area contributed by atoms with Gasteiger partial charge in [0.15, 0.2) is 0 Å². The molecule has 41 heteroatoms. The highest BCUT2D eigenvalue weighted by atomic mass is 19.5. The molecule has 47 heavy (non-hydrogen) atoms. The van der Waals surface area contributed by atoms with Crippen LogP contribution in [0.4, 0.5) is 138 Å². The highest BCUT2D eigenvalue weighted by Gasteiger charge is 2.23. The van der Waals surface area contributed by atoms with Crippen molar-refractivity contribution in [2.45, 2.75) is 13.8 Å². The Balaban J connectivity index is -0.0000000407. The van der Waals surface area contributed by atoms with E-state index in [4.69, 9.17) is 0 Å². The van der Waals surface area contributed by atoms with Crippen LogP contribution in [0.2, 0.25) is 0 Å². The molecule has 0 aliphatic rings. The summed E-state index contributed by atoms with van der Waals surface area (Å²) < 4.78 is 313. The molecule has 0 saturated heterocycles. The van der Waals surface area contributed by atoms with Crippen molar-refractivity contribution in [3.05, 3.63) is 0 Å². The SMILES string of the molecule is CC.C[N+](C)(C)C.F[B-](F)(F)F.F[B-](F)(F)F.F[B-](F)(F)F.F[B-](F)(F)F.F[B-](F)(F)F.F[B-](F)(F)F.F[B-](F)(F)F.F[B-](F)(F)F. The third-order valence-electron chi connectivity index (χ3n) is 0. The van der Waals surface area contributed by atoms with E-state index in [0.29, 0.717) is 0 Å². The van der Waals surface area contributed by atoms with Crippen LogP contribution in [0.15, 0.2) is 0 Å². The van der Waals surface area contributed by atoms with Crippen LogP contribution in [0.3, 0.4) is 0 Å². The van der Waals surface area contributed by atoms with Gasteiger partial charge in [0.25, 0.3) is 0 Å². The van der Waals surface area contributed by atoms with E-state index < -0.39 is 58.0 Å². The first kappa shape index (κ1) is 71.3. The lowest BCUT2D eigenvalue weighted by atomic mass is 10.3. The van der Waals surface area contributed by atoms with Gasteiger partial charge in [0, 0.05) is 0 Å². The van der Waals surface area contributed by atoms with Crippen molar-refractivity contribution in [3.63, 3.8) is 0 Å². The Labute approximate surface area is 244 Å². The summed E-state index contributed by atoms with van der Waals surface area (Å²) in [4.78, 5) is 0. The minimum Gasteiger partial charge on any atom is -0.418 e. The zero-order valence-electron chi connectivity index (χ0n) is 23.2. The maximum atomic E-state index is 9.75. The van der Waals surface area contributed by atoms with Crippen LogP contribution in [0.1, 0.15) is 13.8 Å². The van der Waals surface area contributed by atoms with E-state index in [-0.39, 0.29) is 0 Å². The van der Waals surface area contributed by atoms with E-state index >= 15 is 0 Å². The van der Waals surface area contributed by atoms with E-state index in [2.05, 4.69) is 28.2 Å². The van der Waals surface area contributed by atoms with Crippen molar-refractivity contribution in [1.29, 1.82) is 0 Å². The second kappa shape index (κ2) is 30.3. The molecule has 0 aromatic rings. The molecule has 0 heterocycles. The van der Waals surface area contributed by atoms with Gasteiger partial charge >= 0.3 is 58.0 Å². The number of nitrogens with zero attached hydrogens (tertiary/aromatic N) is 1. The second-order valence-corrected chi connectivity index (χ2v) is 6.64. The van der Waals surface area contributed by atoms with E-state index in [0.717, 1.165) is 4.48 Å². The van der Waals surface area contributed by atoms with Gasteiger partial charge in [-0.1, -0.05) is 13.8 Å². The fourth-order valence-corrected chi connectivity index (χ4v) is 0. The fraction of sp³-hybridized carbons (Fsp3) is 1.00. The van der Waals surface area contributed by atoms with Gasteiger partial charge in [0.2, 0.25) is 0 Å². The average Bonchev–Trinajstić information content (AvgIpc) is 2.40. The largest absolute Gasteiger partial charge is 0.673 e. The van der Waals surface area contributed by atoms with Gasteiger partial charge in [0.1, 0.15) is 0 Å². The highest BCUT2D eigenvalue weighted by molar-refractivity contribution is 6.52. The highest BCUT2D eigenvalue weighted by Crippen LogP contribution is 2.10. The number of hydrogen-bond acceptors (Lipinski definition) is 0. The van der Waals surface area contributed by atoms with Crippen LogP contribution < -0.4 is 0 Å². The minimum absolute atomic E-state index is 1.00. The number of rotatable bonds is 0. The minimum atomic E-state index is -6.00. The van der Waals surface area contributed by atoms with Crippen LogP contribution in [0.5, 0.6) is 0 Å². The molecule has 0 saturated carbocycles. The quantitative estimate of drug-likeness (QED) is 0.130. The van der Waals surface area contributed by atoms with Gasteiger partial charge in [-0.15, -0.1) is 0 Å². The lowest BCUT2D eigenvalue weighted by Gasteiger charge is -2.14. The molecule has 0 amide bonds. The van der Waals surface area contributed by atoms with E-state index in [1.807, 2.05) is 13.8 Å². The third kappa shape index (κ3) is 25500. The van der Waals surface area contributed by atoms with Gasteiger partial charge in [0.05, 0.1) is 28.2 Å². The Kier molecular flexibility index (Phi) is 46.0. The van der Waals surface area contributed by atoms with Crippen LogP contribution in [-0.4, -0.2) is 90.7 Å². The maximum absolute atomic E-state index is 9.75. The van der Waals surface area contributed by atoms with Crippen molar-refractivity contribution < 1.29 is 143 Å². The van der Waals surface area contributed by atoms with Crippen molar-refractivity contribution in [2.24, 2.45) is 0 Å². The summed E-state index contributed by atoms with van der Waals surface area (Å²) >= 11 is 0. The van der Waals surface area contributed by atoms with Crippen molar-refractivity contribution >= 4 is 58.0 Å². The van der Waals surface area contributed by atoms with E-state index in [9.17, 15) is 138 Å². The molecular formula is C6H18B8F32N-7. The Morgan fingerprint density at radius 2 is 0.191 bits per heavy atom. The zero-order valence-corrected chi connectivity index (χ0v) is 23.2. The summed E-state index contributed by atoms with van der Waals surface area (Å²) in [6.07, 6.45) is 0. The maximum Gasteiger partial charge on any atom is 0.673 e. The standard InChI is InChI=1S/C4H12N.C2H6.8BF4/c1-5(2,3)4;1-2;8*2-1(3,4)5/h1-4H3;1-2H3;;;;;;;;/q+1;;8*-1. The number of hydrogen-bond donors (Lipinski definition) is 0. The average molecular weight is 799 g/mol. The molecule has 0 atom stereocenters. The molecule has 0 aromatic heterocycles. The first-order chi connectivity index (χ1) is 19.0.